The summed E-state index contributed by atoms with van der Waals surface area (Å²) in [5.74, 6) is 1.11. The van der Waals surface area contributed by atoms with Gasteiger partial charge in [0.05, 0.1) is 22.9 Å². The quantitative estimate of drug-likeness (QED) is 0.765. The highest BCUT2D eigenvalue weighted by atomic mass is 79.9. The largest absolute Gasteiger partial charge is 0.492 e. The Morgan fingerprint density at radius 2 is 2.21 bits per heavy atom. The van der Waals surface area contributed by atoms with E-state index in [1.165, 1.54) is 0 Å². The van der Waals surface area contributed by atoms with Crippen molar-refractivity contribution in [3.05, 3.63) is 51.0 Å². The molecular formula is C18H17BrClNO3. The highest BCUT2D eigenvalue weighted by Crippen LogP contribution is 2.38. The standard InChI is InChI=1S/C18H17BrClNO3/c1-3-23-17-7-11-6-10(2)24-16(11)9-15(17)21-18(22)13-8-12(19)4-5-14(13)20/h4-5,7-10H,3,6H2,1-2H3,(H,21,22). The molecule has 0 saturated carbocycles. The Balaban J connectivity index is 1.92. The lowest BCUT2D eigenvalue weighted by atomic mass is 10.1. The second-order valence-corrected chi connectivity index (χ2v) is 6.92. The van der Waals surface area contributed by atoms with Crippen molar-refractivity contribution in [1.29, 1.82) is 0 Å². The van der Waals surface area contributed by atoms with Gasteiger partial charge in [-0.2, -0.15) is 0 Å². The molecule has 0 fully saturated rings. The van der Waals surface area contributed by atoms with Gasteiger partial charge in [-0.1, -0.05) is 27.5 Å². The van der Waals surface area contributed by atoms with Gasteiger partial charge in [-0.05, 0) is 38.1 Å². The zero-order valence-corrected chi connectivity index (χ0v) is 15.7. The van der Waals surface area contributed by atoms with E-state index in [2.05, 4.69) is 21.2 Å². The number of rotatable bonds is 4. The van der Waals surface area contributed by atoms with Gasteiger partial charge in [0, 0.05) is 22.5 Å². The molecule has 2 aromatic carbocycles. The summed E-state index contributed by atoms with van der Waals surface area (Å²) in [4.78, 5) is 12.6. The Hall–Kier alpha value is -1.72. The molecule has 0 radical (unpaired) electrons. The lowest BCUT2D eigenvalue weighted by Crippen LogP contribution is -2.14. The summed E-state index contributed by atoms with van der Waals surface area (Å²) in [6.07, 6.45) is 0.959. The number of benzene rings is 2. The highest BCUT2D eigenvalue weighted by molar-refractivity contribution is 9.10. The maximum atomic E-state index is 12.6. The Kier molecular flexibility index (Phi) is 5.01. The molecule has 1 heterocycles. The van der Waals surface area contributed by atoms with Crippen molar-refractivity contribution >= 4 is 39.1 Å². The number of anilines is 1. The summed E-state index contributed by atoms with van der Waals surface area (Å²) in [6.45, 7) is 4.43. The van der Waals surface area contributed by atoms with Crippen LogP contribution >= 0.6 is 27.5 Å². The normalized spacial score (nSPS) is 15.6. The molecule has 24 heavy (non-hydrogen) atoms. The molecule has 1 atom stereocenters. The van der Waals surface area contributed by atoms with Gasteiger partial charge in [0.1, 0.15) is 17.6 Å². The third-order valence-electron chi connectivity index (χ3n) is 3.72. The van der Waals surface area contributed by atoms with Crippen molar-refractivity contribution in [1.82, 2.24) is 0 Å². The molecule has 0 saturated heterocycles. The minimum atomic E-state index is -0.298. The van der Waals surface area contributed by atoms with E-state index < -0.39 is 0 Å². The zero-order chi connectivity index (χ0) is 17.3. The van der Waals surface area contributed by atoms with E-state index in [1.54, 1.807) is 18.2 Å². The zero-order valence-electron chi connectivity index (χ0n) is 13.4. The van der Waals surface area contributed by atoms with Crippen LogP contribution in [0.5, 0.6) is 11.5 Å². The summed E-state index contributed by atoms with van der Waals surface area (Å²) in [5, 5.41) is 3.26. The lowest BCUT2D eigenvalue weighted by Gasteiger charge is -2.14. The van der Waals surface area contributed by atoms with Crippen molar-refractivity contribution in [3.8, 4) is 11.5 Å². The van der Waals surface area contributed by atoms with Crippen LogP contribution in [-0.2, 0) is 6.42 Å². The van der Waals surface area contributed by atoms with Gasteiger partial charge >= 0.3 is 0 Å². The first kappa shape index (κ1) is 17.1. The van der Waals surface area contributed by atoms with Crippen molar-refractivity contribution in [2.24, 2.45) is 0 Å². The van der Waals surface area contributed by atoms with Crippen molar-refractivity contribution < 1.29 is 14.3 Å². The Morgan fingerprint density at radius 1 is 1.42 bits per heavy atom. The molecule has 126 valence electrons. The summed E-state index contributed by atoms with van der Waals surface area (Å²) >= 11 is 9.49. The van der Waals surface area contributed by atoms with E-state index >= 15 is 0 Å². The summed E-state index contributed by atoms with van der Waals surface area (Å²) in [5.41, 5.74) is 2.05. The third-order valence-corrected chi connectivity index (χ3v) is 4.54. The molecule has 6 heteroatoms. The van der Waals surface area contributed by atoms with Crippen molar-refractivity contribution in [2.75, 3.05) is 11.9 Å². The van der Waals surface area contributed by atoms with E-state index in [0.717, 1.165) is 22.2 Å². The molecule has 0 aliphatic carbocycles. The van der Waals surface area contributed by atoms with Crippen LogP contribution in [-0.4, -0.2) is 18.6 Å². The average molecular weight is 411 g/mol. The van der Waals surface area contributed by atoms with E-state index in [9.17, 15) is 4.79 Å². The number of hydrogen-bond donors (Lipinski definition) is 1. The molecular weight excluding hydrogens is 394 g/mol. The van der Waals surface area contributed by atoms with Crippen LogP contribution in [0.1, 0.15) is 29.8 Å². The summed E-state index contributed by atoms with van der Waals surface area (Å²) in [7, 11) is 0. The number of nitrogens with one attached hydrogen (secondary N) is 1. The van der Waals surface area contributed by atoms with Crippen molar-refractivity contribution in [3.63, 3.8) is 0 Å². The molecule has 1 aliphatic heterocycles. The van der Waals surface area contributed by atoms with Gasteiger partial charge < -0.3 is 14.8 Å². The van der Waals surface area contributed by atoms with Crippen molar-refractivity contribution in [2.45, 2.75) is 26.4 Å². The average Bonchev–Trinajstić information content (AvgIpc) is 2.89. The first-order chi connectivity index (χ1) is 11.5. The molecule has 1 aliphatic rings. The van der Waals surface area contributed by atoms with Gasteiger partial charge in [0.15, 0.2) is 0 Å². The number of fused-ring (bicyclic) bond motifs is 1. The number of carbonyl (C=O) groups excluding carboxylic acids is 1. The van der Waals surface area contributed by atoms with Crippen LogP contribution in [0.4, 0.5) is 5.69 Å². The SMILES string of the molecule is CCOc1cc2c(cc1NC(=O)c1cc(Br)ccc1Cl)OC(C)C2. The summed E-state index contributed by atoms with van der Waals surface area (Å²) < 4.78 is 12.2. The second kappa shape index (κ2) is 7.03. The summed E-state index contributed by atoms with van der Waals surface area (Å²) in [6, 6.07) is 8.89. The number of amides is 1. The van der Waals surface area contributed by atoms with E-state index in [-0.39, 0.29) is 12.0 Å². The van der Waals surface area contributed by atoms with Crippen LogP contribution in [0.15, 0.2) is 34.8 Å². The molecule has 2 aromatic rings. The fourth-order valence-corrected chi connectivity index (χ4v) is 3.24. The molecule has 0 bridgehead atoms. The van der Waals surface area contributed by atoms with Gasteiger partial charge in [0.25, 0.3) is 5.91 Å². The van der Waals surface area contributed by atoms with Gasteiger partial charge in [-0.25, -0.2) is 0 Å². The Bertz CT molecular complexity index is 794. The lowest BCUT2D eigenvalue weighted by molar-refractivity contribution is 0.102. The van der Waals surface area contributed by atoms with E-state index in [0.29, 0.717) is 28.6 Å². The van der Waals surface area contributed by atoms with Crippen LogP contribution in [0.3, 0.4) is 0 Å². The molecule has 1 N–H and O–H groups in total. The number of hydrogen-bond acceptors (Lipinski definition) is 3. The first-order valence-corrected chi connectivity index (χ1v) is 8.87. The van der Waals surface area contributed by atoms with Crippen LogP contribution in [0.25, 0.3) is 0 Å². The van der Waals surface area contributed by atoms with Crippen LogP contribution in [0.2, 0.25) is 5.02 Å². The number of ether oxygens (including phenoxy) is 2. The van der Waals surface area contributed by atoms with Gasteiger partial charge in [-0.3, -0.25) is 4.79 Å². The first-order valence-electron chi connectivity index (χ1n) is 7.70. The fraction of sp³-hybridized carbons (Fsp3) is 0.278. The molecule has 4 nitrogen and oxygen atoms in total. The second-order valence-electron chi connectivity index (χ2n) is 5.60. The highest BCUT2D eigenvalue weighted by Gasteiger charge is 2.23. The Labute approximate surface area is 154 Å². The van der Waals surface area contributed by atoms with E-state index in [4.69, 9.17) is 21.1 Å². The molecule has 1 unspecified atom stereocenters. The number of halogens is 2. The smallest absolute Gasteiger partial charge is 0.257 e. The molecule has 0 spiro atoms. The minimum absolute atomic E-state index is 0.125. The predicted octanol–water partition coefficient (Wildman–Crippen LogP) is 5.08. The monoisotopic (exact) mass is 409 g/mol. The minimum Gasteiger partial charge on any atom is -0.492 e. The van der Waals surface area contributed by atoms with Crippen LogP contribution < -0.4 is 14.8 Å². The topological polar surface area (TPSA) is 47.6 Å². The fourth-order valence-electron chi connectivity index (χ4n) is 2.67. The van der Waals surface area contributed by atoms with E-state index in [1.807, 2.05) is 26.0 Å². The van der Waals surface area contributed by atoms with Crippen LogP contribution in [0, 0.1) is 0 Å². The molecule has 1 amide bonds. The number of carbonyl (C=O) groups is 1. The molecule has 3 rings (SSSR count). The Morgan fingerprint density at radius 3 is 2.96 bits per heavy atom. The van der Waals surface area contributed by atoms with Gasteiger partial charge in [-0.15, -0.1) is 0 Å². The maximum Gasteiger partial charge on any atom is 0.257 e. The third kappa shape index (κ3) is 3.52. The predicted molar refractivity (Wildman–Crippen MR) is 98.5 cm³/mol. The van der Waals surface area contributed by atoms with Gasteiger partial charge in [0.2, 0.25) is 0 Å². The molecule has 0 aromatic heterocycles. The maximum absolute atomic E-state index is 12.6.